The van der Waals surface area contributed by atoms with Gasteiger partial charge in [0.25, 0.3) is 0 Å². The van der Waals surface area contributed by atoms with Crippen LogP contribution in [-0.2, 0) is 0 Å². The maximum atomic E-state index is 10.3. The minimum atomic E-state index is -3.03. The van der Waals surface area contributed by atoms with Crippen molar-refractivity contribution in [2.45, 2.75) is 0 Å². The molecule has 0 bridgehead atoms. The monoisotopic (exact) mass is 83.0 g/mol. The molecule has 0 heterocycles. The van der Waals surface area contributed by atoms with E-state index in [1.165, 1.54) is 0 Å². The van der Waals surface area contributed by atoms with E-state index in [9.17, 15) is 13.1 Å². The Morgan fingerprint density at radius 2 is 1.60 bits per heavy atom. The van der Waals surface area contributed by atoms with Gasteiger partial charge in [0.2, 0.25) is 0 Å². The van der Waals surface area contributed by atoms with E-state index in [0.717, 1.165) is 0 Å². The fourth-order valence-corrected chi connectivity index (χ4v) is 0. The largest absolute Gasteiger partial charge is 0.663 e. The average molecular weight is 82.8 g/mol. The van der Waals surface area contributed by atoms with Crippen LogP contribution in [0.1, 0.15) is 0 Å². The highest BCUT2D eigenvalue weighted by molar-refractivity contribution is 6.38. The molecule has 5 heteroatoms. The van der Waals surface area contributed by atoms with E-state index in [1.54, 1.807) is 0 Å². The van der Waals surface area contributed by atoms with Crippen molar-refractivity contribution < 1.29 is 13.1 Å². The third-order valence-corrected chi connectivity index (χ3v) is 0.0825. The van der Waals surface area contributed by atoms with Crippen LogP contribution in [-0.4, -0.2) is 7.40 Å². The fourth-order valence-electron chi connectivity index (χ4n) is 0. The molecule has 0 aromatic rings. The van der Waals surface area contributed by atoms with Crippen molar-refractivity contribution >= 4 is 7.40 Å². The van der Waals surface area contributed by atoms with Gasteiger partial charge in [0.1, 0.15) is 0 Å². The molecule has 0 saturated carbocycles. The Hall–Kier alpha value is -0.185. The molecule has 5 heavy (non-hydrogen) atoms. The summed E-state index contributed by atoms with van der Waals surface area (Å²) in [6.07, 6.45) is 0. The smallest absolute Gasteiger partial charge is 0.268 e. The van der Waals surface area contributed by atoms with Crippen molar-refractivity contribution in [3.05, 3.63) is 0 Å². The highest BCUT2D eigenvalue weighted by Gasteiger charge is 2.08. The average Bonchev–Trinajstić information content (AvgIpc) is 1.38. The number of hydrogen-bond donors (Lipinski definition) is 1. The third kappa shape index (κ3) is 3.81. The van der Waals surface area contributed by atoms with E-state index in [2.05, 4.69) is 0 Å². The number of halogens is 3. The Balaban J connectivity index is 2.54. The standard InChI is InChI=1S/BF3HN/c2-1(3)5-4/h5H. The quantitative estimate of drug-likeness (QED) is 0.357. The molecular formula is HBF3N. The maximum absolute atomic E-state index is 10.3. The van der Waals surface area contributed by atoms with Crippen LogP contribution < -0.4 is 5.45 Å². The van der Waals surface area contributed by atoms with Gasteiger partial charge in [0.15, 0.2) is 0 Å². The molecule has 0 saturated heterocycles. The Morgan fingerprint density at radius 1 is 1.40 bits per heavy atom. The van der Waals surface area contributed by atoms with Crippen LogP contribution in [0.2, 0.25) is 0 Å². The molecule has 0 fully saturated rings. The molecule has 0 amide bonds. The first-order chi connectivity index (χ1) is 2.27. The maximum Gasteiger partial charge on any atom is 0.663 e. The minimum absolute atomic E-state index is 0.194. The second-order valence-electron chi connectivity index (χ2n) is 0.410. The van der Waals surface area contributed by atoms with Crippen LogP contribution in [0.5, 0.6) is 0 Å². The zero-order chi connectivity index (χ0) is 4.28. The van der Waals surface area contributed by atoms with Crippen molar-refractivity contribution in [2.75, 3.05) is 0 Å². The first-order valence-electron chi connectivity index (χ1n) is 0.914. The van der Waals surface area contributed by atoms with Crippen molar-refractivity contribution in [3.63, 3.8) is 0 Å². The van der Waals surface area contributed by atoms with Gasteiger partial charge >= 0.3 is 7.40 Å². The summed E-state index contributed by atoms with van der Waals surface area (Å²) in [7, 11) is -3.03. The fraction of sp³-hybridized carbons (Fsp3) is 0. The van der Waals surface area contributed by atoms with Crippen LogP contribution in [0.15, 0.2) is 0 Å². The molecule has 0 aromatic carbocycles. The van der Waals surface area contributed by atoms with E-state index in [0.29, 0.717) is 0 Å². The van der Waals surface area contributed by atoms with E-state index in [4.69, 9.17) is 0 Å². The molecule has 30 valence electrons. The van der Waals surface area contributed by atoms with Crippen molar-refractivity contribution in [1.29, 1.82) is 0 Å². The second-order valence-corrected chi connectivity index (χ2v) is 0.410. The lowest BCUT2D eigenvalue weighted by molar-refractivity contribution is 0.391. The summed E-state index contributed by atoms with van der Waals surface area (Å²) in [5.41, 5.74) is 0.194. The number of nitrogens with one attached hydrogen (secondary N) is 1. The summed E-state index contributed by atoms with van der Waals surface area (Å²) in [6, 6.07) is 0. The summed E-state index contributed by atoms with van der Waals surface area (Å²) in [4.78, 5) is 0. The first-order valence-corrected chi connectivity index (χ1v) is 0.914. The number of hydrogen-bond acceptors (Lipinski definition) is 1. The predicted molar refractivity (Wildman–Crippen MR) is 12.2 cm³/mol. The van der Waals surface area contributed by atoms with E-state index in [1.807, 2.05) is 0 Å². The Bertz CT molecular complexity index is 20.9. The third-order valence-electron chi connectivity index (χ3n) is 0.0825. The molecule has 0 aliphatic heterocycles. The Labute approximate surface area is 27.3 Å². The van der Waals surface area contributed by atoms with Crippen LogP contribution in [0, 0.1) is 0 Å². The minimum Gasteiger partial charge on any atom is -0.268 e. The van der Waals surface area contributed by atoms with E-state index >= 15 is 0 Å². The van der Waals surface area contributed by atoms with Gasteiger partial charge < -0.3 is 0 Å². The van der Waals surface area contributed by atoms with Gasteiger partial charge in [-0.1, -0.05) is 0 Å². The van der Waals surface area contributed by atoms with Gasteiger partial charge in [-0.25, -0.2) is 0 Å². The summed E-state index contributed by atoms with van der Waals surface area (Å²) >= 11 is 0. The highest BCUT2D eigenvalue weighted by atomic mass is 19.3. The molecule has 0 spiro atoms. The van der Waals surface area contributed by atoms with Crippen LogP contribution in [0.3, 0.4) is 0 Å². The van der Waals surface area contributed by atoms with Gasteiger partial charge in [0.05, 0.1) is 0 Å². The lowest BCUT2D eigenvalue weighted by Gasteiger charge is -1.73. The Kier molecular flexibility index (Phi) is 2.00. The molecule has 1 N–H and O–H groups in total. The van der Waals surface area contributed by atoms with Crippen LogP contribution >= 0.6 is 0 Å². The van der Waals surface area contributed by atoms with Crippen LogP contribution in [0.25, 0.3) is 0 Å². The topological polar surface area (TPSA) is 12.0 Å². The van der Waals surface area contributed by atoms with E-state index in [-0.39, 0.29) is 5.45 Å². The molecule has 0 aliphatic rings. The lowest BCUT2D eigenvalue weighted by atomic mass is 10.3. The van der Waals surface area contributed by atoms with Gasteiger partial charge in [-0.2, -0.15) is 0 Å². The van der Waals surface area contributed by atoms with Crippen molar-refractivity contribution in [2.24, 2.45) is 0 Å². The summed E-state index contributed by atoms with van der Waals surface area (Å²) < 4.78 is 30.7. The van der Waals surface area contributed by atoms with Gasteiger partial charge in [-0.3, -0.25) is 8.63 Å². The number of rotatable bonds is 1. The van der Waals surface area contributed by atoms with Gasteiger partial charge in [0, 0.05) is 0 Å². The normalized spacial score (nSPS) is 7.80. The Morgan fingerprint density at radius 3 is 1.60 bits per heavy atom. The highest BCUT2D eigenvalue weighted by Crippen LogP contribution is 1.74. The van der Waals surface area contributed by atoms with Gasteiger partial charge in [-0.05, 0) is 0 Å². The van der Waals surface area contributed by atoms with Gasteiger partial charge in [-0.15, -0.1) is 9.93 Å². The predicted octanol–water partition coefficient (Wildman–Crippen LogP) is 0.384. The second kappa shape index (κ2) is 2.08. The van der Waals surface area contributed by atoms with Crippen molar-refractivity contribution in [1.82, 2.24) is 5.45 Å². The van der Waals surface area contributed by atoms with E-state index < -0.39 is 7.40 Å². The summed E-state index contributed by atoms with van der Waals surface area (Å²) in [5.74, 6) is 0. The first kappa shape index (κ1) is 4.81. The molecular weight excluding hydrogens is 81.8 g/mol. The van der Waals surface area contributed by atoms with Crippen LogP contribution in [0.4, 0.5) is 13.1 Å². The molecule has 0 aliphatic carbocycles. The zero-order valence-corrected chi connectivity index (χ0v) is 2.21. The molecule has 0 aromatic heterocycles. The SMILES string of the molecule is FNB(F)F. The van der Waals surface area contributed by atoms with Crippen molar-refractivity contribution in [3.8, 4) is 0 Å². The molecule has 0 atom stereocenters. The molecule has 0 rings (SSSR count). The zero-order valence-electron chi connectivity index (χ0n) is 2.21. The summed E-state index contributed by atoms with van der Waals surface area (Å²) in [5, 5.41) is 0. The molecule has 0 unspecified atom stereocenters. The summed E-state index contributed by atoms with van der Waals surface area (Å²) in [6.45, 7) is 0. The lowest BCUT2D eigenvalue weighted by Crippen LogP contribution is -2.13. The molecule has 1 nitrogen and oxygen atoms in total. The molecule has 0 radical (unpaired) electrons.